The lowest BCUT2D eigenvalue weighted by Gasteiger charge is -2.31. The van der Waals surface area contributed by atoms with E-state index in [1.54, 1.807) is 29.3 Å². The van der Waals surface area contributed by atoms with Gasteiger partial charge in [-0.2, -0.15) is 10.4 Å². The van der Waals surface area contributed by atoms with E-state index in [9.17, 15) is 4.79 Å². The molecule has 8 heteroatoms. The number of nitriles is 1. The normalized spacial score (nSPS) is 16.8. The number of pyridine rings is 1. The lowest BCUT2D eigenvalue weighted by Crippen LogP contribution is -2.45. The first-order valence-electron chi connectivity index (χ1n) is 8.66. The van der Waals surface area contributed by atoms with Crippen molar-refractivity contribution in [3.8, 4) is 11.8 Å². The van der Waals surface area contributed by atoms with E-state index in [1.165, 1.54) is 0 Å². The highest BCUT2D eigenvalue weighted by atomic mass is 35.5. The molecule has 1 N–H and O–H groups in total. The topological polar surface area (TPSA) is 94.9 Å². The molecule has 1 unspecified atom stereocenters. The Kier molecular flexibility index (Phi) is 4.72. The Hall–Kier alpha value is -3.37. The molecule has 3 aromatic rings. The number of H-pyrrole nitrogens is 1. The van der Waals surface area contributed by atoms with Gasteiger partial charge in [0, 0.05) is 23.2 Å². The molecule has 0 aliphatic carbocycles. The second-order valence-electron chi connectivity index (χ2n) is 6.53. The van der Waals surface area contributed by atoms with Crippen LogP contribution in [-0.2, 0) is 11.3 Å². The van der Waals surface area contributed by atoms with Gasteiger partial charge in [0.15, 0.2) is 11.8 Å². The van der Waals surface area contributed by atoms with Crippen molar-refractivity contribution in [2.75, 3.05) is 6.54 Å². The third-order valence-electron chi connectivity index (χ3n) is 4.60. The molecule has 1 amide bonds. The first kappa shape index (κ1) is 18.0. The predicted octanol–water partition coefficient (Wildman–Crippen LogP) is 3.22. The Labute approximate surface area is 166 Å². The van der Waals surface area contributed by atoms with Gasteiger partial charge in [-0.05, 0) is 42.8 Å². The predicted molar refractivity (Wildman–Crippen MR) is 104 cm³/mol. The number of nitrogens with zero attached hydrogens (tertiary/aromatic N) is 4. The maximum Gasteiger partial charge on any atom is 0.268 e. The molecule has 140 valence electrons. The number of aromatic amines is 1. The van der Waals surface area contributed by atoms with Crippen molar-refractivity contribution in [2.45, 2.75) is 19.6 Å². The molecule has 4 rings (SSSR count). The molecule has 0 bridgehead atoms. The summed E-state index contributed by atoms with van der Waals surface area (Å²) < 4.78 is 5.91. The minimum atomic E-state index is -0.772. The van der Waals surface area contributed by atoms with Gasteiger partial charge in [0.05, 0.1) is 23.9 Å². The third kappa shape index (κ3) is 3.42. The van der Waals surface area contributed by atoms with Crippen LogP contribution in [-0.4, -0.2) is 38.6 Å². The highest BCUT2D eigenvalue weighted by molar-refractivity contribution is 6.30. The first-order valence-corrected chi connectivity index (χ1v) is 9.03. The van der Waals surface area contributed by atoms with E-state index in [0.29, 0.717) is 35.1 Å². The van der Waals surface area contributed by atoms with E-state index in [4.69, 9.17) is 21.6 Å². The lowest BCUT2D eigenvalue weighted by atomic mass is 10.1. The molecule has 0 fully saturated rings. The van der Waals surface area contributed by atoms with Crippen LogP contribution in [0, 0.1) is 11.3 Å². The van der Waals surface area contributed by atoms with Crippen LogP contribution in [0.5, 0.6) is 5.75 Å². The van der Waals surface area contributed by atoms with Crippen LogP contribution in [0.1, 0.15) is 18.2 Å². The number of benzene rings is 1. The maximum atomic E-state index is 13.1. The fourth-order valence-corrected chi connectivity index (χ4v) is 3.37. The van der Waals surface area contributed by atoms with E-state index in [1.807, 2.05) is 31.2 Å². The average molecular weight is 394 g/mol. The maximum absolute atomic E-state index is 13.1. The van der Waals surface area contributed by atoms with E-state index in [2.05, 4.69) is 15.2 Å². The van der Waals surface area contributed by atoms with Crippen LogP contribution in [0.2, 0.25) is 5.02 Å². The van der Waals surface area contributed by atoms with Crippen LogP contribution in [0.25, 0.3) is 11.0 Å². The van der Waals surface area contributed by atoms with Gasteiger partial charge in [-0.15, -0.1) is 0 Å². The van der Waals surface area contributed by atoms with Gasteiger partial charge >= 0.3 is 0 Å². The summed E-state index contributed by atoms with van der Waals surface area (Å²) in [7, 11) is 0. The zero-order valence-corrected chi connectivity index (χ0v) is 15.8. The van der Waals surface area contributed by atoms with Gasteiger partial charge in [0.2, 0.25) is 0 Å². The summed E-state index contributed by atoms with van der Waals surface area (Å²) >= 11 is 6.04. The number of halogens is 1. The zero-order valence-electron chi connectivity index (χ0n) is 15.0. The Balaban J connectivity index is 1.57. The molecule has 1 aliphatic rings. The van der Waals surface area contributed by atoms with Crippen LogP contribution in [0.4, 0.5) is 0 Å². The second kappa shape index (κ2) is 7.33. The molecular weight excluding hydrogens is 378 g/mol. The van der Waals surface area contributed by atoms with Gasteiger partial charge in [-0.3, -0.25) is 9.89 Å². The number of rotatable bonds is 4. The number of amides is 1. The molecule has 1 aromatic carbocycles. The van der Waals surface area contributed by atoms with E-state index < -0.39 is 6.10 Å². The molecule has 7 nitrogen and oxygen atoms in total. The second-order valence-corrected chi connectivity index (χ2v) is 6.97. The van der Waals surface area contributed by atoms with Crippen molar-refractivity contribution in [3.63, 3.8) is 0 Å². The van der Waals surface area contributed by atoms with Crippen molar-refractivity contribution in [3.05, 3.63) is 64.5 Å². The minimum Gasteiger partial charge on any atom is -0.476 e. The monoisotopic (exact) mass is 393 g/mol. The van der Waals surface area contributed by atoms with Gasteiger partial charge in [-0.25, -0.2) is 4.98 Å². The average Bonchev–Trinajstić information content (AvgIpc) is 3.10. The van der Waals surface area contributed by atoms with Crippen molar-refractivity contribution in [2.24, 2.45) is 0 Å². The summed E-state index contributed by atoms with van der Waals surface area (Å²) in [6.45, 7) is 2.69. The van der Waals surface area contributed by atoms with Gasteiger partial charge < -0.3 is 9.64 Å². The Bertz CT molecular complexity index is 1130. The zero-order chi connectivity index (χ0) is 19.7. The number of nitrogens with one attached hydrogen (secondary N) is 1. The summed E-state index contributed by atoms with van der Waals surface area (Å²) in [6.07, 6.45) is 2.86. The van der Waals surface area contributed by atoms with Gasteiger partial charge in [0.25, 0.3) is 5.91 Å². The SMILES string of the molecule is CC1=CCN(Cc2[nH]nc3ncccc23)C(=O)C1Oc1cc(Cl)cc(C#N)c1. The van der Waals surface area contributed by atoms with Crippen LogP contribution in [0.3, 0.4) is 0 Å². The molecule has 0 saturated heterocycles. The molecule has 2 aromatic heterocycles. The van der Waals surface area contributed by atoms with Crippen molar-refractivity contribution < 1.29 is 9.53 Å². The van der Waals surface area contributed by atoms with Crippen molar-refractivity contribution in [1.82, 2.24) is 20.1 Å². The molecule has 28 heavy (non-hydrogen) atoms. The van der Waals surface area contributed by atoms with Crippen LogP contribution in [0.15, 0.2) is 48.2 Å². The minimum absolute atomic E-state index is 0.162. The van der Waals surface area contributed by atoms with Crippen molar-refractivity contribution >= 4 is 28.5 Å². The summed E-state index contributed by atoms with van der Waals surface area (Å²) in [5.74, 6) is 0.221. The molecule has 0 saturated carbocycles. The Morgan fingerprint density at radius 3 is 3.11 bits per heavy atom. The summed E-state index contributed by atoms with van der Waals surface area (Å²) in [5, 5.41) is 17.5. The highest BCUT2D eigenvalue weighted by Gasteiger charge is 2.31. The van der Waals surface area contributed by atoms with E-state index in [-0.39, 0.29) is 5.91 Å². The number of carbonyl (C=O) groups excluding carboxylic acids is 1. The standard InChI is InChI=1S/C20H16ClN5O2/c1-12-4-6-26(11-17-16-3-2-5-23-19(16)25-24-17)20(27)18(12)28-15-8-13(10-22)7-14(21)9-15/h2-5,7-9,18H,6,11H2,1H3,(H,23,24,25). The molecular formula is C20H16ClN5O2. The smallest absolute Gasteiger partial charge is 0.268 e. The molecule has 1 atom stereocenters. The Morgan fingerprint density at radius 2 is 2.29 bits per heavy atom. The summed E-state index contributed by atoms with van der Waals surface area (Å²) in [6, 6.07) is 10.5. The fourth-order valence-electron chi connectivity index (χ4n) is 3.14. The number of aromatic nitrogens is 3. The molecule has 1 aliphatic heterocycles. The van der Waals surface area contributed by atoms with Gasteiger partial charge in [-0.1, -0.05) is 17.7 Å². The Morgan fingerprint density at radius 1 is 1.43 bits per heavy atom. The molecule has 0 radical (unpaired) electrons. The fraction of sp³-hybridized carbons (Fsp3) is 0.200. The van der Waals surface area contributed by atoms with E-state index in [0.717, 1.165) is 16.7 Å². The number of carbonyl (C=O) groups is 1. The largest absolute Gasteiger partial charge is 0.476 e. The lowest BCUT2D eigenvalue weighted by molar-refractivity contribution is -0.138. The quantitative estimate of drug-likeness (QED) is 0.686. The summed E-state index contributed by atoms with van der Waals surface area (Å²) in [4.78, 5) is 18.9. The number of hydrogen-bond acceptors (Lipinski definition) is 5. The molecule has 3 heterocycles. The highest BCUT2D eigenvalue weighted by Crippen LogP contribution is 2.26. The number of hydrogen-bond donors (Lipinski definition) is 1. The van der Waals surface area contributed by atoms with Crippen LogP contribution >= 0.6 is 11.6 Å². The van der Waals surface area contributed by atoms with E-state index >= 15 is 0 Å². The third-order valence-corrected chi connectivity index (χ3v) is 4.81. The summed E-state index contributed by atoms with van der Waals surface area (Å²) in [5.41, 5.74) is 2.62. The van der Waals surface area contributed by atoms with Crippen LogP contribution < -0.4 is 4.74 Å². The number of fused-ring (bicyclic) bond motifs is 1. The van der Waals surface area contributed by atoms with Gasteiger partial charge in [0.1, 0.15) is 5.75 Å². The first-order chi connectivity index (χ1) is 13.5. The number of ether oxygens (including phenoxy) is 1. The molecule has 0 spiro atoms. The van der Waals surface area contributed by atoms with Crippen molar-refractivity contribution in [1.29, 1.82) is 5.26 Å².